The van der Waals surface area contributed by atoms with Gasteiger partial charge >= 0.3 is 5.97 Å². The second-order valence-corrected chi connectivity index (χ2v) is 7.05. The maximum absolute atomic E-state index is 12.2. The lowest BCUT2D eigenvalue weighted by atomic mass is 10.1. The van der Waals surface area contributed by atoms with Crippen molar-refractivity contribution in [1.29, 1.82) is 0 Å². The monoisotopic (exact) mass is 391 g/mol. The lowest BCUT2D eigenvalue weighted by molar-refractivity contribution is -0.130. The van der Waals surface area contributed by atoms with Gasteiger partial charge in [-0.2, -0.15) is 0 Å². The van der Waals surface area contributed by atoms with E-state index in [9.17, 15) is 9.59 Å². The number of benzene rings is 2. The van der Waals surface area contributed by atoms with Crippen LogP contribution in [0.4, 0.5) is 5.13 Å². The Balaban J connectivity index is 1.63. The van der Waals surface area contributed by atoms with Gasteiger partial charge in [0.05, 0.1) is 5.69 Å². The molecule has 1 amide bonds. The molecule has 6 nitrogen and oxygen atoms in total. The van der Waals surface area contributed by atoms with Gasteiger partial charge in [-0.15, -0.1) is 11.3 Å². The second kappa shape index (κ2) is 7.36. The van der Waals surface area contributed by atoms with Gasteiger partial charge in [0.1, 0.15) is 0 Å². The number of hydrogen-bond donors (Lipinski definition) is 0. The van der Waals surface area contributed by atoms with Crippen molar-refractivity contribution < 1.29 is 14.3 Å². The molecular formula is C21H17N3O3S. The Morgan fingerprint density at radius 3 is 2.75 bits per heavy atom. The lowest BCUT2D eigenvalue weighted by Gasteiger charge is -2.14. The smallest absolute Gasteiger partial charge is 0.363 e. The quantitative estimate of drug-likeness (QED) is 0.498. The highest BCUT2D eigenvalue weighted by Gasteiger charge is 2.25. The third kappa shape index (κ3) is 3.44. The number of carbonyl (C=O) groups excluding carboxylic acids is 2. The van der Waals surface area contributed by atoms with E-state index in [1.165, 1.54) is 18.3 Å². The van der Waals surface area contributed by atoms with Crippen molar-refractivity contribution in [1.82, 2.24) is 4.98 Å². The number of thiazole rings is 1. The number of amides is 1. The van der Waals surface area contributed by atoms with Crippen molar-refractivity contribution >= 4 is 51.1 Å². The highest BCUT2D eigenvalue weighted by Crippen LogP contribution is 2.25. The number of rotatable bonds is 4. The summed E-state index contributed by atoms with van der Waals surface area (Å²) in [6.45, 7) is 3.91. The van der Waals surface area contributed by atoms with Crippen LogP contribution in [-0.4, -0.2) is 29.3 Å². The Morgan fingerprint density at radius 1 is 1.21 bits per heavy atom. The molecule has 0 saturated heterocycles. The number of ether oxygens (including phenoxy) is 1. The van der Waals surface area contributed by atoms with Crippen LogP contribution in [0.25, 0.3) is 16.8 Å². The fourth-order valence-electron chi connectivity index (χ4n) is 2.95. The Morgan fingerprint density at radius 2 is 2.00 bits per heavy atom. The highest BCUT2D eigenvalue weighted by atomic mass is 32.1. The Kier molecular flexibility index (Phi) is 4.75. The number of aromatic nitrogens is 1. The first-order chi connectivity index (χ1) is 13.5. The summed E-state index contributed by atoms with van der Waals surface area (Å²) in [6, 6.07) is 13.7. The molecule has 2 aromatic carbocycles. The van der Waals surface area contributed by atoms with E-state index in [4.69, 9.17) is 4.74 Å². The zero-order valence-corrected chi connectivity index (χ0v) is 16.2. The van der Waals surface area contributed by atoms with Crippen LogP contribution in [0.5, 0.6) is 0 Å². The minimum Gasteiger partial charge on any atom is -0.402 e. The number of cyclic esters (lactones) is 1. The average Bonchev–Trinajstić information content (AvgIpc) is 3.29. The number of anilines is 1. The minimum absolute atomic E-state index is 0.0760. The Hall–Kier alpha value is -3.32. The fourth-order valence-corrected chi connectivity index (χ4v) is 3.84. The van der Waals surface area contributed by atoms with Gasteiger partial charge in [-0.3, -0.25) is 9.69 Å². The average molecular weight is 391 g/mol. The summed E-state index contributed by atoms with van der Waals surface area (Å²) in [7, 11) is 0. The fraction of sp³-hybridized carbons (Fsp3) is 0.143. The van der Waals surface area contributed by atoms with E-state index < -0.39 is 5.97 Å². The van der Waals surface area contributed by atoms with Gasteiger partial charge < -0.3 is 4.74 Å². The van der Waals surface area contributed by atoms with Crippen LogP contribution in [0.15, 0.2) is 58.5 Å². The van der Waals surface area contributed by atoms with Crippen LogP contribution in [0.1, 0.15) is 25.1 Å². The van der Waals surface area contributed by atoms with Crippen LogP contribution < -0.4 is 4.90 Å². The largest absolute Gasteiger partial charge is 0.402 e. The maximum atomic E-state index is 12.2. The third-order valence-corrected chi connectivity index (χ3v) is 5.22. The number of carbonyl (C=O) groups is 2. The second-order valence-electron chi connectivity index (χ2n) is 6.22. The van der Waals surface area contributed by atoms with Crippen molar-refractivity contribution in [2.24, 2.45) is 4.99 Å². The van der Waals surface area contributed by atoms with Gasteiger partial charge in [-0.05, 0) is 35.9 Å². The highest BCUT2D eigenvalue weighted by molar-refractivity contribution is 7.14. The standard InChI is InChI=1S/C21H17N3O3S/c1-3-24(13(2)25)21-22-17(12-28-21)11-18-20(26)27-19(23-18)16-9-8-14-6-4-5-7-15(14)10-16/h4-12H,3H2,1-2H3/b18-11-. The molecule has 2 heterocycles. The van der Waals surface area contributed by atoms with Crippen LogP contribution in [0.2, 0.25) is 0 Å². The summed E-state index contributed by atoms with van der Waals surface area (Å²) in [5.74, 6) is -0.319. The molecular weight excluding hydrogens is 374 g/mol. The zero-order chi connectivity index (χ0) is 19.7. The first kappa shape index (κ1) is 18.1. The number of nitrogens with zero attached hydrogens (tertiary/aromatic N) is 3. The molecule has 3 aromatic rings. The molecule has 0 saturated carbocycles. The molecule has 1 aliphatic rings. The number of fused-ring (bicyclic) bond motifs is 1. The summed E-state index contributed by atoms with van der Waals surface area (Å²) >= 11 is 1.34. The molecule has 0 radical (unpaired) electrons. The normalized spacial score (nSPS) is 15.0. The van der Waals surface area contributed by atoms with Gasteiger partial charge in [0, 0.05) is 24.4 Å². The minimum atomic E-state index is -0.517. The molecule has 28 heavy (non-hydrogen) atoms. The Bertz CT molecular complexity index is 1150. The van der Waals surface area contributed by atoms with Crippen LogP contribution >= 0.6 is 11.3 Å². The predicted molar refractivity (Wildman–Crippen MR) is 110 cm³/mol. The van der Waals surface area contributed by atoms with Gasteiger partial charge in [0.2, 0.25) is 11.8 Å². The molecule has 0 N–H and O–H groups in total. The van der Waals surface area contributed by atoms with Crippen molar-refractivity contribution in [2.75, 3.05) is 11.4 Å². The topological polar surface area (TPSA) is 71.9 Å². The van der Waals surface area contributed by atoms with E-state index in [0.717, 1.165) is 16.3 Å². The molecule has 0 atom stereocenters. The van der Waals surface area contributed by atoms with E-state index in [1.54, 1.807) is 16.4 Å². The third-order valence-electron chi connectivity index (χ3n) is 4.34. The molecule has 4 rings (SSSR count). The summed E-state index contributed by atoms with van der Waals surface area (Å²) in [6.07, 6.45) is 1.57. The van der Waals surface area contributed by atoms with Crippen molar-refractivity contribution in [2.45, 2.75) is 13.8 Å². The zero-order valence-electron chi connectivity index (χ0n) is 15.4. The number of aliphatic imine (C=N–C) groups is 1. The van der Waals surface area contributed by atoms with Crippen molar-refractivity contribution in [3.8, 4) is 0 Å². The molecule has 140 valence electrons. The maximum Gasteiger partial charge on any atom is 0.363 e. The van der Waals surface area contributed by atoms with Gasteiger partial charge in [0.25, 0.3) is 0 Å². The molecule has 0 bridgehead atoms. The van der Waals surface area contributed by atoms with Gasteiger partial charge in [-0.25, -0.2) is 14.8 Å². The molecule has 0 spiro atoms. The first-order valence-electron chi connectivity index (χ1n) is 8.80. The van der Waals surface area contributed by atoms with E-state index in [-0.39, 0.29) is 17.5 Å². The molecule has 1 aliphatic heterocycles. The van der Waals surface area contributed by atoms with Crippen LogP contribution in [-0.2, 0) is 14.3 Å². The number of hydrogen-bond acceptors (Lipinski definition) is 6. The SMILES string of the molecule is CCN(C(C)=O)c1nc(/C=C2\N=C(c3ccc4ccccc4c3)OC2=O)cs1. The van der Waals surface area contributed by atoms with E-state index >= 15 is 0 Å². The Labute approximate surface area is 165 Å². The van der Waals surface area contributed by atoms with Crippen LogP contribution in [0, 0.1) is 0 Å². The van der Waals surface area contributed by atoms with Gasteiger partial charge in [0.15, 0.2) is 10.8 Å². The number of esters is 1. The lowest BCUT2D eigenvalue weighted by Crippen LogP contribution is -2.27. The first-order valence-corrected chi connectivity index (χ1v) is 9.68. The van der Waals surface area contributed by atoms with Crippen molar-refractivity contribution in [3.05, 3.63) is 64.8 Å². The summed E-state index contributed by atoms with van der Waals surface area (Å²) in [5, 5.41) is 4.52. The molecule has 0 aliphatic carbocycles. The van der Waals surface area contributed by atoms with E-state index in [0.29, 0.717) is 17.4 Å². The summed E-state index contributed by atoms with van der Waals surface area (Å²) in [4.78, 5) is 34.2. The molecule has 0 unspecified atom stereocenters. The molecule has 7 heteroatoms. The van der Waals surface area contributed by atoms with E-state index in [2.05, 4.69) is 9.98 Å². The summed E-state index contributed by atoms with van der Waals surface area (Å²) < 4.78 is 5.35. The van der Waals surface area contributed by atoms with E-state index in [1.807, 2.05) is 49.4 Å². The molecule has 1 aromatic heterocycles. The predicted octanol–water partition coefficient (Wildman–Crippen LogP) is 4.01. The van der Waals surface area contributed by atoms with Crippen molar-refractivity contribution in [3.63, 3.8) is 0 Å². The molecule has 0 fully saturated rings. The van der Waals surface area contributed by atoms with Crippen LogP contribution in [0.3, 0.4) is 0 Å². The van der Waals surface area contributed by atoms with Gasteiger partial charge in [-0.1, -0.05) is 30.3 Å². The summed E-state index contributed by atoms with van der Waals surface area (Å²) in [5.41, 5.74) is 1.49.